The minimum Gasteiger partial charge on any atom is -0.369 e. The molecule has 5 amide bonds. The van der Waals surface area contributed by atoms with E-state index in [1.807, 2.05) is 11.0 Å². The molecular weight excluding hydrogens is 488 g/mol. The van der Waals surface area contributed by atoms with E-state index in [-0.39, 0.29) is 36.1 Å². The average Bonchev–Trinajstić information content (AvgIpc) is 3.38. The van der Waals surface area contributed by atoms with E-state index < -0.39 is 23.8 Å². The Morgan fingerprint density at radius 3 is 2.53 bits per heavy atom. The highest BCUT2D eigenvalue weighted by molar-refractivity contribution is 6.25. The molecule has 0 aromatic heterocycles. The first kappa shape index (κ1) is 25.0. The molecule has 0 aliphatic carbocycles. The number of imide groups is 2. The van der Waals surface area contributed by atoms with E-state index in [0.717, 1.165) is 69.1 Å². The van der Waals surface area contributed by atoms with Crippen LogP contribution in [0.25, 0.3) is 0 Å². The van der Waals surface area contributed by atoms with Gasteiger partial charge in [0.05, 0.1) is 16.8 Å². The Balaban J connectivity index is 1.00. The van der Waals surface area contributed by atoms with Gasteiger partial charge in [-0.05, 0) is 44.4 Å². The van der Waals surface area contributed by atoms with Crippen molar-refractivity contribution >= 4 is 35.2 Å². The Bertz CT molecular complexity index is 1200. The van der Waals surface area contributed by atoms with Crippen LogP contribution in [-0.2, 0) is 14.4 Å². The van der Waals surface area contributed by atoms with Gasteiger partial charge in [0.2, 0.25) is 17.7 Å². The number of hydrogen-bond acceptors (Lipinski definition) is 8. The second kappa shape index (κ2) is 9.46. The fourth-order valence-corrected chi connectivity index (χ4v) is 6.74. The first-order chi connectivity index (χ1) is 18.2. The number of nitrogens with two attached hydrogens (primary N) is 1. The Morgan fingerprint density at radius 1 is 1.03 bits per heavy atom. The second-order valence-electron chi connectivity index (χ2n) is 11.6. The number of carbonyl (C=O) groups excluding carboxylic acids is 5. The van der Waals surface area contributed by atoms with Gasteiger partial charge in [-0.3, -0.25) is 34.2 Å². The van der Waals surface area contributed by atoms with Crippen molar-refractivity contribution in [2.45, 2.75) is 50.6 Å². The molecule has 38 heavy (non-hydrogen) atoms. The van der Waals surface area contributed by atoms with Crippen LogP contribution in [0.1, 0.15) is 59.2 Å². The molecule has 1 aromatic carbocycles. The van der Waals surface area contributed by atoms with E-state index in [1.165, 1.54) is 0 Å². The van der Waals surface area contributed by atoms with Crippen molar-refractivity contribution < 1.29 is 24.0 Å². The highest BCUT2D eigenvalue weighted by Gasteiger charge is 2.53. The smallest absolute Gasteiger partial charge is 0.264 e. The number of unbranched alkanes of at least 4 members (excludes halogenated alkanes) is 1. The van der Waals surface area contributed by atoms with Gasteiger partial charge in [-0.15, -0.1) is 0 Å². The van der Waals surface area contributed by atoms with Gasteiger partial charge in [0, 0.05) is 63.6 Å². The molecule has 4 saturated heterocycles. The Hall–Kier alpha value is -3.31. The van der Waals surface area contributed by atoms with Crippen molar-refractivity contribution in [2.24, 2.45) is 11.1 Å². The topological polar surface area (TPSA) is 136 Å². The molecule has 5 heterocycles. The first-order valence-corrected chi connectivity index (χ1v) is 13.6. The molecule has 5 aliphatic heterocycles. The molecule has 3 N–H and O–H groups in total. The van der Waals surface area contributed by atoms with Gasteiger partial charge in [-0.2, -0.15) is 0 Å². The zero-order valence-corrected chi connectivity index (χ0v) is 21.5. The SMILES string of the molecule is N[C@H]1CCN(C(=O)CCCCN2CC3(C2)CN(c2cccc4c2C(=O)N(C2CCC(=O)NC2=O)C4=O)C3)C1. The quantitative estimate of drug-likeness (QED) is 0.376. The summed E-state index contributed by atoms with van der Waals surface area (Å²) in [6, 6.07) is 4.44. The van der Waals surface area contributed by atoms with E-state index in [4.69, 9.17) is 5.73 Å². The third-order valence-electron chi connectivity index (χ3n) is 8.65. The van der Waals surface area contributed by atoms with Gasteiger partial charge in [0.25, 0.3) is 11.8 Å². The lowest BCUT2D eigenvalue weighted by atomic mass is 9.72. The molecule has 0 bridgehead atoms. The van der Waals surface area contributed by atoms with Crippen molar-refractivity contribution in [3.05, 3.63) is 29.3 Å². The number of rotatable bonds is 7. The number of fused-ring (bicyclic) bond motifs is 1. The maximum absolute atomic E-state index is 13.4. The van der Waals surface area contributed by atoms with Gasteiger partial charge in [-0.25, -0.2) is 0 Å². The number of hydrogen-bond donors (Lipinski definition) is 2. The normalized spacial score (nSPS) is 26.5. The lowest BCUT2D eigenvalue weighted by Crippen LogP contribution is -2.72. The summed E-state index contributed by atoms with van der Waals surface area (Å²) in [6.07, 6.45) is 3.61. The van der Waals surface area contributed by atoms with Crippen LogP contribution in [0.3, 0.4) is 0 Å². The van der Waals surface area contributed by atoms with Crippen molar-refractivity contribution in [1.82, 2.24) is 20.0 Å². The Kier molecular flexibility index (Phi) is 6.22. The highest BCUT2D eigenvalue weighted by Crippen LogP contribution is 2.44. The van der Waals surface area contributed by atoms with Crippen LogP contribution >= 0.6 is 0 Å². The zero-order chi connectivity index (χ0) is 26.6. The minimum atomic E-state index is -0.959. The number of benzene rings is 1. The predicted molar refractivity (Wildman–Crippen MR) is 137 cm³/mol. The molecule has 5 aliphatic rings. The number of nitrogens with zero attached hydrogens (tertiary/aromatic N) is 4. The van der Waals surface area contributed by atoms with E-state index in [9.17, 15) is 24.0 Å². The van der Waals surface area contributed by atoms with E-state index >= 15 is 0 Å². The van der Waals surface area contributed by atoms with E-state index in [1.54, 1.807) is 12.1 Å². The largest absolute Gasteiger partial charge is 0.369 e. The fourth-order valence-electron chi connectivity index (χ4n) is 6.74. The molecule has 4 fully saturated rings. The summed E-state index contributed by atoms with van der Waals surface area (Å²) >= 11 is 0. The molecular formula is C27H34N6O5. The van der Waals surface area contributed by atoms with Crippen LogP contribution in [0.4, 0.5) is 5.69 Å². The lowest BCUT2D eigenvalue weighted by Gasteiger charge is -2.61. The van der Waals surface area contributed by atoms with Gasteiger partial charge in [-0.1, -0.05) is 6.07 Å². The minimum absolute atomic E-state index is 0.102. The molecule has 1 unspecified atom stereocenters. The standard InChI is InChI=1S/C27H34N6O5/c28-17-9-11-31(12-17)22(35)6-1-2-10-30-13-27(14-30)15-32(16-27)19-5-3-4-18-23(19)26(38)33(25(18)37)20-7-8-21(34)29-24(20)36/h3-5,17,20H,1-2,6-16,28H2,(H,29,34,36)/t17-,20?/m0/s1. The van der Waals surface area contributed by atoms with Crippen molar-refractivity contribution in [3.8, 4) is 0 Å². The molecule has 0 radical (unpaired) electrons. The van der Waals surface area contributed by atoms with Gasteiger partial charge in [0.1, 0.15) is 6.04 Å². The van der Waals surface area contributed by atoms with Gasteiger partial charge < -0.3 is 20.4 Å². The summed E-state index contributed by atoms with van der Waals surface area (Å²) in [4.78, 5) is 70.1. The molecule has 1 aromatic rings. The van der Waals surface area contributed by atoms with Crippen molar-refractivity contribution in [3.63, 3.8) is 0 Å². The van der Waals surface area contributed by atoms with Gasteiger partial charge >= 0.3 is 0 Å². The lowest BCUT2D eigenvalue weighted by molar-refractivity contribution is -0.136. The summed E-state index contributed by atoms with van der Waals surface area (Å²) in [5, 5.41) is 2.24. The number of amides is 5. The monoisotopic (exact) mass is 522 g/mol. The molecule has 11 nitrogen and oxygen atoms in total. The van der Waals surface area contributed by atoms with E-state index in [0.29, 0.717) is 24.1 Å². The van der Waals surface area contributed by atoms with Crippen LogP contribution in [0.2, 0.25) is 0 Å². The molecule has 0 saturated carbocycles. The Labute approximate surface area is 221 Å². The molecule has 202 valence electrons. The highest BCUT2D eigenvalue weighted by atomic mass is 16.2. The van der Waals surface area contributed by atoms with Crippen LogP contribution in [-0.4, -0.2) is 102 Å². The third-order valence-corrected chi connectivity index (χ3v) is 8.65. The number of likely N-dealkylation sites (tertiary alicyclic amines) is 2. The maximum atomic E-state index is 13.4. The van der Waals surface area contributed by atoms with Crippen LogP contribution in [0.5, 0.6) is 0 Å². The second-order valence-corrected chi connectivity index (χ2v) is 11.6. The first-order valence-electron chi connectivity index (χ1n) is 13.6. The molecule has 2 atom stereocenters. The number of anilines is 1. The number of nitrogens with one attached hydrogen (secondary N) is 1. The van der Waals surface area contributed by atoms with E-state index in [2.05, 4.69) is 15.1 Å². The number of piperidine rings is 1. The fraction of sp³-hybridized carbons (Fsp3) is 0.593. The Morgan fingerprint density at radius 2 is 1.82 bits per heavy atom. The summed E-state index contributed by atoms with van der Waals surface area (Å²) in [6.45, 7) is 6.05. The molecule has 1 spiro atoms. The molecule has 11 heteroatoms. The van der Waals surface area contributed by atoms with Crippen LogP contribution < -0.4 is 16.0 Å². The van der Waals surface area contributed by atoms with Crippen LogP contribution in [0.15, 0.2) is 18.2 Å². The van der Waals surface area contributed by atoms with Crippen LogP contribution in [0, 0.1) is 5.41 Å². The summed E-state index contributed by atoms with van der Waals surface area (Å²) in [5.74, 6) is -1.70. The van der Waals surface area contributed by atoms with Crippen molar-refractivity contribution in [2.75, 3.05) is 50.7 Å². The molecule has 6 rings (SSSR count). The average molecular weight is 523 g/mol. The van der Waals surface area contributed by atoms with Gasteiger partial charge in [0.15, 0.2) is 0 Å². The summed E-state index contributed by atoms with van der Waals surface area (Å²) < 4.78 is 0. The summed E-state index contributed by atoms with van der Waals surface area (Å²) in [5.41, 5.74) is 7.50. The third kappa shape index (κ3) is 4.27. The number of carbonyl (C=O) groups is 5. The summed E-state index contributed by atoms with van der Waals surface area (Å²) in [7, 11) is 0. The van der Waals surface area contributed by atoms with Crippen molar-refractivity contribution in [1.29, 1.82) is 0 Å². The predicted octanol–water partition coefficient (Wildman–Crippen LogP) is -0.0603. The maximum Gasteiger partial charge on any atom is 0.264 e. The zero-order valence-electron chi connectivity index (χ0n) is 21.5.